The van der Waals surface area contributed by atoms with Crippen molar-refractivity contribution in [3.05, 3.63) is 47.2 Å². The van der Waals surface area contributed by atoms with E-state index in [4.69, 9.17) is 9.15 Å². The van der Waals surface area contributed by atoms with Crippen molar-refractivity contribution >= 4 is 6.03 Å². The lowest BCUT2D eigenvalue weighted by molar-refractivity contribution is -0.120. The Morgan fingerprint density at radius 2 is 2.17 bits per heavy atom. The Kier molecular flexibility index (Phi) is 2.91. The van der Waals surface area contributed by atoms with Gasteiger partial charge in [0.25, 0.3) is 11.6 Å². The molecule has 3 heterocycles. The number of ether oxygens (including phenoxy) is 1. The molecule has 0 spiro atoms. The van der Waals surface area contributed by atoms with Crippen molar-refractivity contribution in [1.29, 1.82) is 0 Å². The molecule has 2 amide bonds. The highest BCUT2D eigenvalue weighted by Crippen LogP contribution is 2.49. The fourth-order valence-electron chi connectivity index (χ4n) is 3.53. The van der Waals surface area contributed by atoms with Crippen LogP contribution < -0.4 is 10.1 Å². The monoisotopic (exact) mass is 313 g/mol. The SMILES string of the molecule is CCN1C(=O)NC2CC1(c1ncco1)Oc1cc(C)c(C)cc12. The molecule has 2 aliphatic heterocycles. The predicted octanol–water partition coefficient (Wildman–Crippen LogP) is 3.01. The second-order valence-electron chi connectivity index (χ2n) is 6.15. The normalized spacial score (nSPS) is 25.6. The highest BCUT2D eigenvalue weighted by atomic mass is 16.5. The highest BCUT2D eigenvalue weighted by molar-refractivity contribution is 5.77. The maximum absolute atomic E-state index is 12.6. The smallest absolute Gasteiger partial charge is 0.321 e. The molecule has 2 aliphatic rings. The summed E-state index contributed by atoms with van der Waals surface area (Å²) in [5.41, 5.74) is 2.36. The Morgan fingerprint density at radius 1 is 1.39 bits per heavy atom. The molecule has 6 heteroatoms. The van der Waals surface area contributed by atoms with E-state index in [1.54, 1.807) is 11.1 Å². The van der Waals surface area contributed by atoms with E-state index >= 15 is 0 Å². The lowest BCUT2D eigenvalue weighted by Crippen LogP contribution is -2.64. The van der Waals surface area contributed by atoms with Gasteiger partial charge in [0.05, 0.1) is 12.2 Å². The number of fused-ring (bicyclic) bond motifs is 4. The molecular weight excluding hydrogens is 294 g/mol. The maximum Gasteiger partial charge on any atom is 0.321 e. The van der Waals surface area contributed by atoms with Crippen LogP contribution in [0.25, 0.3) is 0 Å². The summed E-state index contributed by atoms with van der Waals surface area (Å²) < 4.78 is 11.9. The third-order valence-electron chi connectivity index (χ3n) is 4.82. The molecule has 1 aromatic heterocycles. The molecule has 0 radical (unpaired) electrons. The third kappa shape index (κ3) is 1.87. The van der Waals surface area contributed by atoms with Crippen LogP contribution >= 0.6 is 0 Å². The van der Waals surface area contributed by atoms with Gasteiger partial charge in [-0.15, -0.1) is 0 Å². The van der Waals surface area contributed by atoms with Gasteiger partial charge in [0.1, 0.15) is 12.0 Å². The van der Waals surface area contributed by atoms with E-state index < -0.39 is 5.72 Å². The van der Waals surface area contributed by atoms with Gasteiger partial charge in [-0.25, -0.2) is 9.78 Å². The van der Waals surface area contributed by atoms with Gasteiger partial charge in [0, 0.05) is 18.5 Å². The average molecular weight is 313 g/mol. The third-order valence-corrected chi connectivity index (χ3v) is 4.82. The summed E-state index contributed by atoms with van der Waals surface area (Å²) >= 11 is 0. The van der Waals surface area contributed by atoms with Gasteiger partial charge in [-0.3, -0.25) is 4.90 Å². The number of rotatable bonds is 2. The van der Waals surface area contributed by atoms with E-state index in [-0.39, 0.29) is 12.1 Å². The summed E-state index contributed by atoms with van der Waals surface area (Å²) in [6.45, 7) is 6.54. The fourth-order valence-corrected chi connectivity index (χ4v) is 3.53. The number of amides is 2. The summed E-state index contributed by atoms with van der Waals surface area (Å²) in [5.74, 6) is 1.20. The molecule has 2 aromatic rings. The van der Waals surface area contributed by atoms with Crippen LogP contribution in [0.2, 0.25) is 0 Å². The number of carbonyl (C=O) groups excluding carboxylic acids is 1. The first-order chi connectivity index (χ1) is 11.0. The number of carbonyl (C=O) groups is 1. The molecule has 23 heavy (non-hydrogen) atoms. The fraction of sp³-hybridized carbons (Fsp3) is 0.412. The van der Waals surface area contributed by atoms with Crippen molar-refractivity contribution in [3.8, 4) is 5.75 Å². The first kappa shape index (κ1) is 14.1. The van der Waals surface area contributed by atoms with Crippen molar-refractivity contribution < 1.29 is 13.9 Å². The lowest BCUT2D eigenvalue weighted by atomic mass is 9.87. The quantitative estimate of drug-likeness (QED) is 0.925. The number of hydrogen-bond acceptors (Lipinski definition) is 4. The van der Waals surface area contributed by atoms with E-state index in [9.17, 15) is 4.79 Å². The molecule has 1 saturated heterocycles. The van der Waals surface area contributed by atoms with Gasteiger partial charge >= 0.3 is 6.03 Å². The molecule has 1 aromatic carbocycles. The van der Waals surface area contributed by atoms with Gasteiger partial charge in [-0.2, -0.15) is 0 Å². The number of urea groups is 1. The van der Waals surface area contributed by atoms with Crippen LogP contribution in [0.15, 0.2) is 29.0 Å². The standard InChI is InChI=1S/C17H19N3O3/c1-4-20-16(21)19-13-9-17(20,15-18-5-6-22-15)23-14-8-11(3)10(2)7-12(13)14/h5-8,13H,4,9H2,1-3H3,(H,19,21). The minimum absolute atomic E-state index is 0.111. The summed E-state index contributed by atoms with van der Waals surface area (Å²) in [6, 6.07) is 3.85. The molecule has 1 N–H and O–H groups in total. The highest BCUT2D eigenvalue weighted by Gasteiger charge is 2.55. The number of aromatic nitrogens is 1. The van der Waals surface area contributed by atoms with Crippen molar-refractivity contribution in [1.82, 2.24) is 15.2 Å². The Morgan fingerprint density at radius 3 is 2.87 bits per heavy atom. The van der Waals surface area contributed by atoms with Crippen molar-refractivity contribution in [2.75, 3.05) is 6.54 Å². The predicted molar refractivity (Wildman–Crippen MR) is 83.0 cm³/mol. The van der Waals surface area contributed by atoms with Crippen molar-refractivity contribution in [3.63, 3.8) is 0 Å². The maximum atomic E-state index is 12.6. The second-order valence-corrected chi connectivity index (χ2v) is 6.15. The molecule has 2 atom stereocenters. The summed E-state index contributed by atoms with van der Waals surface area (Å²) in [4.78, 5) is 18.5. The zero-order chi connectivity index (χ0) is 16.2. The van der Waals surface area contributed by atoms with Crippen LogP contribution in [0.4, 0.5) is 4.79 Å². The van der Waals surface area contributed by atoms with Gasteiger partial charge in [0.15, 0.2) is 0 Å². The number of hydrogen-bond donors (Lipinski definition) is 1. The molecule has 2 bridgehead atoms. The molecule has 0 saturated carbocycles. The van der Waals surface area contributed by atoms with Crippen LogP contribution in [-0.2, 0) is 5.72 Å². The second kappa shape index (κ2) is 4.75. The zero-order valence-corrected chi connectivity index (χ0v) is 13.4. The molecule has 1 fully saturated rings. The first-order valence-corrected chi connectivity index (χ1v) is 7.83. The topological polar surface area (TPSA) is 67.6 Å². The molecule has 0 aliphatic carbocycles. The van der Waals surface area contributed by atoms with Gasteiger partial charge < -0.3 is 14.5 Å². The molecule has 6 nitrogen and oxygen atoms in total. The van der Waals surface area contributed by atoms with E-state index in [0.29, 0.717) is 18.9 Å². The Balaban J connectivity index is 1.92. The number of oxazole rings is 1. The van der Waals surface area contributed by atoms with Crippen LogP contribution in [0.1, 0.15) is 42.0 Å². The largest absolute Gasteiger partial charge is 0.458 e. The molecule has 4 rings (SSSR count). The van der Waals surface area contributed by atoms with E-state index in [2.05, 4.69) is 30.2 Å². The van der Waals surface area contributed by atoms with E-state index in [1.165, 1.54) is 11.8 Å². The van der Waals surface area contributed by atoms with Crippen molar-refractivity contribution in [2.24, 2.45) is 0 Å². The minimum atomic E-state index is -0.986. The zero-order valence-electron chi connectivity index (χ0n) is 13.4. The Labute approximate surface area is 134 Å². The number of nitrogens with zero attached hydrogens (tertiary/aromatic N) is 2. The van der Waals surface area contributed by atoms with Crippen molar-refractivity contribution in [2.45, 2.75) is 39.0 Å². The van der Waals surface area contributed by atoms with Crippen LogP contribution in [0.3, 0.4) is 0 Å². The number of aryl methyl sites for hydroxylation is 2. The summed E-state index contributed by atoms with van der Waals surface area (Å²) in [6.07, 6.45) is 3.67. The molecule has 120 valence electrons. The average Bonchev–Trinajstić information content (AvgIpc) is 3.04. The molecule has 2 unspecified atom stereocenters. The van der Waals surface area contributed by atoms with Gasteiger partial charge in [-0.1, -0.05) is 6.07 Å². The number of benzene rings is 1. The van der Waals surface area contributed by atoms with Gasteiger partial charge in [0.2, 0.25) is 0 Å². The van der Waals surface area contributed by atoms with Crippen LogP contribution in [0.5, 0.6) is 5.75 Å². The minimum Gasteiger partial charge on any atom is -0.458 e. The first-order valence-electron chi connectivity index (χ1n) is 7.83. The Hall–Kier alpha value is -2.50. The molecular formula is C17H19N3O3. The summed E-state index contributed by atoms with van der Waals surface area (Å²) in [5, 5.41) is 3.08. The van der Waals surface area contributed by atoms with E-state index in [0.717, 1.165) is 16.9 Å². The lowest BCUT2D eigenvalue weighted by Gasteiger charge is -2.50. The summed E-state index contributed by atoms with van der Waals surface area (Å²) in [7, 11) is 0. The Bertz CT molecular complexity index is 772. The van der Waals surface area contributed by atoms with Crippen LogP contribution in [-0.4, -0.2) is 22.5 Å². The van der Waals surface area contributed by atoms with Crippen LogP contribution in [0, 0.1) is 13.8 Å². The van der Waals surface area contributed by atoms with Gasteiger partial charge in [-0.05, 0) is 38.0 Å². The van der Waals surface area contributed by atoms with E-state index in [1.807, 2.05) is 13.0 Å². The number of nitrogens with one attached hydrogen (secondary N) is 1.